The molecule has 1 aliphatic heterocycles. The number of hydrogen-bond donors (Lipinski definition) is 0. The van der Waals surface area contributed by atoms with Gasteiger partial charge in [0, 0.05) is 10.7 Å². The molecule has 0 N–H and O–H groups in total. The van der Waals surface area contributed by atoms with E-state index in [1.807, 2.05) is 19.1 Å². The fourth-order valence-electron chi connectivity index (χ4n) is 1.68. The van der Waals surface area contributed by atoms with Gasteiger partial charge in [-0.05, 0) is 30.7 Å². The summed E-state index contributed by atoms with van der Waals surface area (Å²) >= 11 is 5.79. The number of carbonyl (C=O) groups excluding carboxylic acids is 1. The van der Waals surface area contributed by atoms with Crippen LogP contribution in [-0.4, -0.2) is 18.7 Å². The van der Waals surface area contributed by atoms with Crippen LogP contribution in [0.5, 0.6) is 0 Å². The second-order valence-electron chi connectivity index (χ2n) is 3.49. The van der Waals surface area contributed by atoms with E-state index in [9.17, 15) is 4.79 Å². The lowest BCUT2D eigenvalue weighted by atomic mass is 10.2. The average Bonchev–Trinajstić information content (AvgIpc) is 2.61. The Balaban J connectivity index is 2.28. The molecule has 1 aliphatic rings. The molecule has 0 saturated carbocycles. The van der Waals surface area contributed by atoms with Gasteiger partial charge in [0.2, 0.25) is 0 Å². The molecule has 1 aromatic carbocycles. The summed E-state index contributed by atoms with van der Waals surface area (Å²) in [7, 11) is 0. The largest absolute Gasteiger partial charge is 0.447 e. The van der Waals surface area contributed by atoms with Gasteiger partial charge in [0.1, 0.15) is 6.61 Å². The highest BCUT2D eigenvalue weighted by Crippen LogP contribution is 2.25. The number of halogens is 1. The van der Waals surface area contributed by atoms with Crippen LogP contribution in [0.25, 0.3) is 0 Å². The normalized spacial score (nSPS) is 20.5. The molecule has 0 bridgehead atoms. The zero-order valence-corrected chi connectivity index (χ0v) is 9.20. The predicted octanol–water partition coefficient (Wildman–Crippen LogP) is 3.08. The summed E-state index contributed by atoms with van der Waals surface area (Å²) in [5.74, 6) is 0. The SMILES string of the molecule is CCC1COC(=O)N1c1ccc(Cl)cc1. The molecular formula is C11H12ClNO2. The number of cyclic esters (lactones) is 1. The Labute approximate surface area is 93.6 Å². The van der Waals surface area contributed by atoms with Crippen LogP contribution in [0.3, 0.4) is 0 Å². The monoisotopic (exact) mass is 225 g/mol. The smallest absolute Gasteiger partial charge is 0.414 e. The number of anilines is 1. The van der Waals surface area contributed by atoms with Crippen molar-refractivity contribution in [1.82, 2.24) is 0 Å². The van der Waals surface area contributed by atoms with Gasteiger partial charge < -0.3 is 4.74 Å². The Hall–Kier alpha value is -1.22. The van der Waals surface area contributed by atoms with E-state index in [0.29, 0.717) is 11.6 Å². The molecule has 1 unspecified atom stereocenters. The van der Waals surface area contributed by atoms with Gasteiger partial charge in [0.25, 0.3) is 0 Å². The molecule has 1 saturated heterocycles. The molecule has 80 valence electrons. The molecule has 1 amide bonds. The minimum Gasteiger partial charge on any atom is -0.447 e. The molecule has 1 fully saturated rings. The molecule has 0 aliphatic carbocycles. The number of ether oxygens (including phenoxy) is 1. The van der Waals surface area contributed by atoms with Crippen molar-refractivity contribution in [2.24, 2.45) is 0 Å². The number of nitrogens with zero attached hydrogens (tertiary/aromatic N) is 1. The van der Waals surface area contributed by atoms with Gasteiger partial charge in [-0.25, -0.2) is 4.79 Å². The van der Waals surface area contributed by atoms with E-state index >= 15 is 0 Å². The summed E-state index contributed by atoms with van der Waals surface area (Å²) in [4.78, 5) is 13.2. The highest BCUT2D eigenvalue weighted by molar-refractivity contribution is 6.30. The standard InChI is InChI=1S/C11H12ClNO2/c1-2-9-7-15-11(14)13(9)10-5-3-8(12)4-6-10/h3-6,9H,2,7H2,1H3. The summed E-state index contributed by atoms with van der Waals surface area (Å²) in [6.45, 7) is 2.51. The number of hydrogen-bond acceptors (Lipinski definition) is 2. The fraction of sp³-hybridized carbons (Fsp3) is 0.364. The zero-order chi connectivity index (χ0) is 10.8. The third-order valence-corrected chi connectivity index (χ3v) is 2.79. The first kappa shape index (κ1) is 10.3. The Morgan fingerprint density at radius 3 is 2.73 bits per heavy atom. The van der Waals surface area contributed by atoms with Gasteiger partial charge in [-0.15, -0.1) is 0 Å². The maximum absolute atomic E-state index is 11.5. The zero-order valence-electron chi connectivity index (χ0n) is 8.44. The summed E-state index contributed by atoms with van der Waals surface area (Å²) < 4.78 is 5.01. The van der Waals surface area contributed by atoms with Gasteiger partial charge in [0.05, 0.1) is 6.04 Å². The Kier molecular flexibility index (Phi) is 2.82. The number of carbonyl (C=O) groups is 1. The maximum Gasteiger partial charge on any atom is 0.414 e. The molecule has 0 spiro atoms. The molecule has 0 aromatic heterocycles. The Morgan fingerprint density at radius 2 is 2.13 bits per heavy atom. The van der Waals surface area contributed by atoms with Gasteiger partial charge in [-0.3, -0.25) is 4.90 Å². The number of benzene rings is 1. The van der Waals surface area contributed by atoms with E-state index in [-0.39, 0.29) is 12.1 Å². The molecule has 1 atom stereocenters. The average molecular weight is 226 g/mol. The van der Waals surface area contributed by atoms with E-state index in [1.165, 1.54) is 0 Å². The van der Waals surface area contributed by atoms with Crippen molar-refractivity contribution in [2.45, 2.75) is 19.4 Å². The summed E-state index contributed by atoms with van der Waals surface area (Å²) in [5, 5.41) is 0.666. The molecule has 4 heteroatoms. The lowest BCUT2D eigenvalue weighted by Gasteiger charge is -2.19. The minimum atomic E-state index is -0.274. The quantitative estimate of drug-likeness (QED) is 0.774. The molecule has 15 heavy (non-hydrogen) atoms. The van der Waals surface area contributed by atoms with Crippen LogP contribution >= 0.6 is 11.6 Å². The van der Waals surface area contributed by atoms with Crippen LogP contribution in [0.2, 0.25) is 5.02 Å². The van der Waals surface area contributed by atoms with Crippen molar-refractivity contribution in [1.29, 1.82) is 0 Å². The van der Waals surface area contributed by atoms with Crippen molar-refractivity contribution in [3.8, 4) is 0 Å². The highest BCUT2D eigenvalue weighted by atomic mass is 35.5. The summed E-state index contributed by atoms with van der Waals surface area (Å²) in [5.41, 5.74) is 0.841. The van der Waals surface area contributed by atoms with E-state index in [0.717, 1.165) is 12.1 Å². The number of rotatable bonds is 2. The van der Waals surface area contributed by atoms with Crippen molar-refractivity contribution in [3.63, 3.8) is 0 Å². The van der Waals surface area contributed by atoms with Gasteiger partial charge in [0.15, 0.2) is 0 Å². The van der Waals surface area contributed by atoms with E-state index in [1.54, 1.807) is 17.0 Å². The fourth-order valence-corrected chi connectivity index (χ4v) is 1.80. The lowest BCUT2D eigenvalue weighted by molar-refractivity contribution is 0.178. The van der Waals surface area contributed by atoms with Crippen LogP contribution in [0.15, 0.2) is 24.3 Å². The third kappa shape index (κ3) is 1.92. The molecule has 1 heterocycles. The molecule has 2 rings (SSSR count). The van der Waals surface area contributed by atoms with Gasteiger partial charge in [-0.1, -0.05) is 18.5 Å². The molecule has 3 nitrogen and oxygen atoms in total. The first-order valence-corrected chi connectivity index (χ1v) is 5.31. The minimum absolute atomic E-state index is 0.138. The van der Waals surface area contributed by atoms with Crippen LogP contribution in [0.4, 0.5) is 10.5 Å². The maximum atomic E-state index is 11.5. The van der Waals surface area contributed by atoms with Gasteiger partial charge in [-0.2, -0.15) is 0 Å². The second-order valence-corrected chi connectivity index (χ2v) is 3.92. The van der Waals surface area contributed by atoms with Gasteiger partial charge >= 0.3 is 6.09 Å². The van der Waals surface area contributed by atoms with E-state index in [4.69, 9.17) is 16.3 Å². The molecule has 1 aromatic rings. The predicted molar refractivity (Wildman–Crippen MR) is 59.4 cm³/mol. The first-order chi connectivity index (χ1) is 7.22. The van der Waals surface area contributed by atoms with Crippen LogP contribution in [0.1, 0.15) is 13.3 Å². The van der Waals surface area contributed by atoms with Crippen molar-refractivity contribution in [2.75, 3.05) is 11.5 Å². The molecular weight excluding hydrogens is 214 g/mol. The van der Waals surface area contributed by atoms with Crippen LogP contribution < -0.4 is 4.90 Å². The second kappa shape index (κ2) is 4.11. The van der Waals surface area contributed by atoms with Crippen molar-refractivity contribution >= 4 is 23.4 Å². The van der Waals surface area contributed by atoms with Crippen LogP contribution in [0, 0.1) is 0 Å². The summed E-state index contributed by atoms with van der Waals surface area (Å²) in [6.07, 6.45) is 0.609. The van der Waals surface area contributed by atoms with Crippen molar-refractivity contribution < 1.29 is 9.53 Å². The Bertz CT molecular complexity index is 363. The lowest BCUT2D eigenvalue weighted by Crippen LogP contribution is -2.32. The van der Waals surface area contributed by atoms with Crippen LogP contribution in [-0.2, 0) is 4.74 Å². The van der Waals surface area contributed by atoms with Crippen molar-refractivity contribution in [3.05, 3.63) is 29.3 Å². The third-order valence-electron chi connectivity index (χ3n) is 2.54. The summed E-state index contributed by atoms with van der Waals surface area (Å²) in [6, 6.07) is 7.35. The topological polar surface area (TPSA) is 29.5 Å². The van der Waals surface area contributed by atoms with E-state index in [2.05, 4.69) is 0 Å². The Morgan fingerprint density at radius 1 is 1.47 bits per heavy atom. The number of amides is 1. The van der Waals surface area contributed by atoms with E-state index < -0.39 is 0 Å². The molecule has 0 radical (unpaired) electrons. The first-order valence-electron chi connectivity index (χ1n) is 4.94. The highest BCUT2D eigenvalue weighted by Gasteiger charge is 2.32.